The van der Waals surface area contributed by atoms with Gasteiger partial charge in [-0.2, -0.15) is 0 Å². The van der Waals surface area contributed by atoms with E-state index in [1.807, 2.05) is 78.9 Å². The zero-order valence-electron chi connectivity index (χ0n) is 28.9. The second-order valence-corrected chi connectivity index (χ2v) is 13.5. The molecule has 0 saturated heterocycles. The van der Waals surface area contributed by atoms with Crippen molar-refractivity contribution < 1.29 is 33.4 Å². The number of benzene rings is 3. The lowest BCUT2D eigenvalue weighted by Crippen LogP contribution is -2.57. The molecule has 0 spiro atoms. The van der Waals surface area contributed by atoms with Gasteiger partial charge in [0.1, 0.15) is 36.9 Å². The summed E-state index contributed by atoms with van der Waals surface area (Å²) in [6.45, 7) is 9.89. The van der Waals surface area contributed by atoms with Gasteiger partial charge in [-0.25, -0.2) is 4.79 Å². The Morgan fingerprint density at radius 3 is 1.86 bits per heavy atom. The molecular weight excluding hydrogens is 644 g/mol. The van der Waals surface area contributed by atoms with E-state index in [2.05, 4.69) is 21.3 Å². The van der Waals surface area contributed by atoms with Gasteiger partial charge in [0, 0.05) is 12.3 Å². The first-order chi connectivity index (χ1) is 23.2. The number of fused-ring (bicyclic) bond motifs is 3. The summed E-state index contributed by atoms with van der Waals surface area (Å²) in [7, 11) is 0. The first-order valence-electron chi connectivity index (χ1n) is 16.5. The van der Waals surface area contributed by atoms with Crippen molar-refractivity contribution in [3.63, 3.8) is 0 Å². The van der Waals surface area contributed by atoms with E-state index < -0.39 is 53.5 Å². The van der Waals surface area contributed by atoms with Crippen LogP contribution in [0.2, 0.25) is 0 Å². The van der Waals surface area contributed by atoms with Gasteiger partial charge < -0.3 is 30.7 Å². The molecule has 3 aromatic rings. The second kappa shape index (κ2) is 16.3. The van der Waals surface area contributed by atoms with Crippen LogP contribution in [0.4, 0.5) is 4.79 Å². The van der Waals surface area contributed by atoms with Crippen LogP contribution in [0.1, 0.15) is 64.2 Å². The topological polar surface area (TPSA) is 152 Å². The lowest BCUT2D eigenvalue weighted by Gasteiger charge is -2.25. The SMILES string of the molecule is CC(C)(C)OC(=O)CN[13C](=O)[13C@H]([13CH2][13c]1[13cH][13cH][13cH][13cH][13cH]1)[15NH][13C](=O)[13C@H]([13CH3])[15NH][13C](=O)[13C@@H]([15NH]C(=O)OCC1c2ccccc2-c2ccccc21)[13CH]([13CH3])[13CH3]. The largest absolute Gasteiger partial charge is 0.459 e. The third kappa shape index (κ3) is 10.2. The molecule has 4 rings (SSSR count). The summed E-state index contributed by atoms with van der Waals surface area (Å²) in [6.07, 6.45) is -0.608. The second-order valence-electron chi connectivity index (χ2n) is 13.5. The Labute approximate surface area is 287 Å². The Kier molecular flexibility index (Phi) is 12.2. The predicted octanol–water partition coefficient (Wildman–Crippen LogP) is 4.24. The summed E-state index contributed by atoms with van der Waals surface area (Å²) >= 11 is 0. The van der Waals surface area contributed by atoms with Gasteiger partial charge in [0.05, 0.1) is 0 Å². The van der Waals surface area contributed by atoms with E-state index in [1.54, 1.807) is 34.6 Å². The standard InChI is InChI=1S/C38H46N4O7/c1-23(2)33(42-37(47)48-22-30-28-18-12-10-16-26(28)27-17-11-13-19-29(27)30)36(46)40-24(3)34(44)41-31(20-25-14-8-7-9-15-25)35(45)39-21-32(43)49-38(4,5)6/h7-19,23-24,30-31,33H,20-22H2,1-6H3,(H,39,45)(H,40,46)(H,41,44)(H,42,47)/t24-,31-,33-/m0/s1/i1+1,2+1,3+1,7+1,8+1,9+1,14+1,15+1,20+1,23+1,24+1,25+1,31+1,33+1,34+1,35+1,36+1,40+1,41+1,42+1. The summed E-state index contributed by atoms with van der Waals surface area (Å²) in [4.78, 5) is 64.9. The van der Waals surface area contributed by atoms with E-state index in [9.17, 15) is 24.0 Å². The van der Waals surface area contributed by atoms with E-state index in [-0.39, 0.29) is 31.4 Å². The molecular formula is C38H46N4O7. The first-order valence-corrected chi connectivity index (χ1v) is 16.5. The van der Waals surface area contributed by atoms with Crippen molar-refractivity contribution >= 4 is 29.8 Å². The van der Waals surface area contributed by atoms with Crippen LogP contribution in [0, 0.1) is 5.92 Å². The molecule has 0 aromatic heterocycles. The van der Waals surface area contributed by atoms with E-state index in [1.165, 1.54) is 6.92 Å². The first kappa shape index (κ1) is 36.6. The van der Waals surface area contributed by atoms with E-state index in [4.69, 9.17) is 9.47 Å². The molecule has 1 aliphatic carbocycles. The predicted molar refractivity (Wildman–Crippen MR) is 185 cm³/mol. The van der Waals surface area contributed by atoms with Gasteiger partial charge in [-0.3, -0.25) is 19.2 Å². The minimum atomic E-state index is -1.06. The molecule has 0 heterocycles. The van der Waals surface area contributed by atoms with Gasteiger partial charge in [0.2, 0.25) is 17.7 Å². The number of carbonyl (C=O) groups is 5. The maximum absolute atomic E-state index is 13.3. The van der Waals surface area contributed by atoms with Crippen molar-refractivity contribution in [2.75, 3.05) is 13.2 Å². The Morgan fingerprint density at radius 2 is 1.29 bits per heavy atom. The molecule has 4 N–H and O–H groups in total. The van der Waals surface area contributed by atoms with Gasteiger partial charge in [-0.05, 0) is 61.4 Å². The number of hydrogen-bond acceptors (Lipinski definition) is 7. The quantitative estimate of drug-likeness (QED) is 0.119. The molecule has 3 aromatic carbocycles. The molecule has 11 heteroatoms. The molecule has 1 aliphatic rings. The number of rotatable bonds is 13. The Hall–Kier alpha value is -5.19. The molecule has 0 unspecified atom stereocenters. The minimum absolute atomic E-state index is 0.0872. The number of amides is 4. The van der Waals surface area contributed by atoms with Gasteiger partial charge in [0.25, 0.3) is 0 Å². The molecule has 0 aliphatic heterocycles. The number of carbonyl (C=O) groups excluding carboxylic acids is 5. The Balaban J connectivity index is 1.35. The van der Waals surface area contributed by atoms with Crippen LogP contribution in [0.15, 0.2) is 78.9 Å². The van der Waals surface area contributed by atoms with Crippen molar-refractivity contribution in [3.05, 3.63) is 95.6 Å². The maximum Gasteiger partial charge on any atom is 0.407 e. The summed E-state index contributed by atoms with van der Waals surface area (Å²) in [5.41, 5.74) is 4.40. The smallest absolute Gasteiger partial charge is 0.407 e. The van der Waals surface area contributed by atoms with E-state index in [0.29, 0.717) is 0 Å². The maximum atomic E-state index is 13.3. The molecule has 0 radical (unpaired) electrons. The van der Waals surface area contributed by atoms with Crippen LogP contribution in [0.3, 0.4) is 0 Å². The number of alkyl carbamates (subject to hydrolysis) is 1. The lowest BCUT2D eigenvalue weighted by molar-refractivity contribution is -0.154. The highest BCUT2D eigenvalue weighted by atomic mass is 16.6. The molecule has 49 heavy (non-hydrogen) atoms. The molecule has 0 bridgehead atoms. The number of nitrogens with one attached hydrogen (secondary N) is 4. The van der Waals surface area contributed by atoms with Gasteiger partial charge >= 0.3 is 12.1 Å². The van der Waals surface area contributed by atoms with Crippen LogP contribution in [-0.2, 0) is 35.1 Å². The summed E-state index contributed by atoms with van der Waals surface area (Å²) in [5.74, 6) is -2.88. The number of hydrogen-bond donors (Lipinski definition) is 4. The van der Waals surface area contributed by atoms with Crippen LogP contribution in [-0.4, -0.2) is 66.7 Å². The fraction of sp³-hybridized carbons (Fsp3) is 0.395. The number of ether oxygens (including phenoxy) is 2. The monoisotopic (exact) mass is 690 g/mol. The van der Waals surface area contributed by atoms with Crippen molar-refractivity contribution in [1.29, 1.82) is 0 Å². The molecule has 260 valence electrons. The third-order valence-corrected chi connectivity index (χ3v) is 8.06. The molecule has 4 amide bonds. The highest BCUT2D eigenvalue weighted by molar-refractivity contribution is 5.94. The average Bonchev–Trinajstić information content (AvgIpc) is 3.37. The summed E-state index contributed by atoms with van der Waals surface area (Å²) < 4.78 is 10.9. The van der Waals surface area contributed by atoms with Crippen molar-refractivity contribution in [3.8, 4) is 11.1 Å². The van der Waals surface area contributed by atoms with Crippen LogP contribution in [0.5, 0.6) is 0 Å². The normalized spacial score (nSPS) is 14.0. The molecule has 0 fully saturated rings. The van der Waals surface area contributed by atoms with Crippen molar-refractivity contribution in [2.24, 2.45) is 5.92 Å². The summed E-state index contributed by atoms with van der Waals surface area (Å²) in [6, 6.07) is 22.0. The fourth-order valence-corrected chi connectivity index (χ4v) is 5.69. The van der Waals surface area contributed by atoms with E-state index >= 15 is 0 Å². The summed E-state index contributed by atoms with van der Waals surface area (Å²) in [5, 5.41) is 10.5. The van der Waals surface area contributed by atoms with Crippen LogP contribution >= 0.6 is 0 Å². The van der Waals surface area contributed by atoms with Gasteiger partial charge in [-0.15, -0.1) is 0 Å². The molecule has 3 atom stereocenters. The zero-order chi connectivity index (χ0) is 35.7. The number of esters is 1. The minimum Gasteiger partial charge on any atom is -0.459 e. The third-order valence-electron chi connectivity index (χ3n) is 8.06. The van der Waals surface area contributed by atoms with Crippen LogP contribution < -0.4 is 21.3 Å². The van der Waals surface area contributed by atoms with Gasteiger partial charge in [0.15, 0.2) is 0 Å². The van der Waals surface area contributed by atoms with Crippen LogP contribution in [0.25, 0.3) is 11.1 Å². The highest BCUT2D eigenvalue weighted by Gasteiger charge is 2.32. The molecule has 11 nitrogen and oxygen atoms in total. The Bertz CT molecular complexity index is 1610. The van der Waals surface area contributed by atoms with Gasteiger partial charge in [-0.1, -0.05) is 92.7 Å². The van der Waals surface area contributed by atoms with Crippen molar-refractivity contribution in [1.82, 2.24) is 21.3 Å². The van der Waals surface area contributed by atoms with Crippen molar-refractivity contribution in [2.45, 2.75) is 77.6 Å². The highest BCUT2D eigenvalue weighted by Crippen LogP contribution is 2.44. The lowest BCUT2D eigenvalue weighted by atomic mass is 9.98. The Morgan fingerprint density at radius 1 is 0.714 bits per heavy atom. The fourth-order valence-electron chi connectivity index (χ4n) is 5.69. The zero-order valence-corrected chi connectivity index (χ0v) is 28.9. The van der Waals surface area contributed by atoms with E-state index in [0.717, 1.165) is 27.8 Å². The average molecular weight is 691 g/mol. The molecule has 0 saturated carbocycles.